The number of nitrogens with one attached hydrogen (secondary N) is 2. The van der Waals surface area contributed by atoms with Crippen molar-refractivity contribution in [1.29, 1.82) is 0 Å². The van der Waals surface area contributed by atoms with Gasteiger partial charge in [0.2, 0.25) is 5.89 Å². The number of pyridine rings is 1. The molecule has 208 valence electrons. The molecule has 0 aliphatic heterocycles. The summed E-state index contributed by atoms with van der Waals surface area (Å²) in [6.45, 7) is 11.2. The summed E-state index contributed by atoms with van der Waals surface area (Å²) >= 11 is 8.38. The second kappa shape index (κ2) is 12.8. The highest BCUT2D eigenvalue weighted by atomic mass is 127. The van der Waals surface area contributed by atoms with Gasteiger partial charge < -0.3 is 20.2 Å². The third-order valence-electron chi connectivity index (χ3n) is 5.50. The van der Waals surface area contributed by atoms with E-state index in [4.69, 9.17) is 26.5 Å². The Bertz CT molecular complexity index is 1390. The van der Waals surface area contributed by atoms with Crippen LogP contribution in [0.1, 0.15) is 78.6 Å². The maximum atomic E-state index is 12.7. The number of halogens is 2. The molecular weight excluding hydrogens is 635 g/mol. The minimum absolute atomic E-state index is 0.143. The van der Waals surface area contributed by atoms with Gasteiger partial charge in [-0.2, -0.15) is 0 Å². The van der Waals surface area contributed by atoms with Crippen molar-refractivity contribution in [3.05, 3.63) is 66.5 Å². The summed E-state index contributed by atoms with van der Waals surface area (Å²) in [5, 5.41) is 14.1. The fourth-order valence-electron chi connectivity index (χ4n) is 3.62. The lowest BCUT2D eigenvalue weighted by Gasteiger charge is -2.20. The van der Waals surface area contributed by atoms with Gasteiger partial charge in [-0.25, -0.2) is 9.78 Å². The number of carbonyl (C=O) groups excluding carboxylic acids is 2. The summed E-state index contributed by atoms with van der Waals surface area (Å²) in [5.41, 5.74) is 10.2. The lowest BCUT2D eigenvalue weighted by Crippen LogP contribution is -2.28. The van der Waals surface area contributed by atoms with E-state index in [-0.39, 0.29) is 12.4 Å². The van der Waals surface area contributed by atoms with Crippen molar-refractivity contribution in [3.63, 3.8) is 0 Å². The average molecular weight is 667 g/mol. The second-order valence-corrected chi connectivity index (χ2v) is 11.5. The molecule has 0 bridgehead atoms. The van der Waals surface area contributed by atoms with E-state index in [0.29, 0.717) is 41.0 Å². The zero-order valence-corrected chi connectivity index (χ0v) is 25.7. The maximum Gasteiger partial charge on any atom is 0.413 e. The number of amides is 2. The molecule has 12 heteroatoms. The Balaban J connectivity index is 1.66. The molecule has 3 rings (SSSR count). The van der Waals surface area contributed by atoms with Crippen LogP contribution in [0.4, 0.5) is 16.3 Å². The molecule has 39 heavy (non-hydrogen) atoms. The van der Waals surface area contributed by atoms with E-state index in [1.807, 2.05) is 32.1 Å². The van der Waals surface area contributed by atoms with Gasteiger partial charge in [-0.05, 0) is 110 Å². The number of aromatic nitrogens is 3. The molecule has 4 N–H and O–H groups in total. The smallest absolute Gasteiger partial charge is 0.413 e. The largest absolute Gasteiger partial charge is 0.444 e. The van der Waals surface area contributed by atoms with Crippen molar-refractivity contribution in [1.82, 2.24) is 20.5 Å². The lowest BCUT2D eigenvalue weighted by molar-refractivity contribution is 0.0635. The number of nitrogen functional groups attached to an aromatic ring is 1. The number of allylic oxidation sites excluding steroid dienone is 1. The number of nitrogens with two attached hydrogens (primary N) is 1. The van der Waals surface area contributed by atoms with Crippen LogP contribution in [0, 0.1) is 17.4 Å². The van der Waals surface area contributed by atoms with E-state index in [0.717, 1.165) is 25.8 Å². The summed E-state index contributed by atoms with van der Waals surface area (Å²) in [6.07, 6.45) is 2.28. The Morgan fingerprint density at radius 3 is 2.56 bits per heavy atom. The monoisotopic (exact) mass is 666 g/mol. The van der Waals surface area contributed by atoms with Crippen LogP contribution >= 0.6 is 34.2 Å². The highest BCUT2D eigenvalue weighted by Gasteiger charge is 2.19. The lowest BCUT2D eigenvalue weighted by atomic mass is 10.1. The molecule has 0 spiro atoms. The second-order valence-electron chi connectivity index (χ2n) is 9.90. The first-order chi connectivity index (χ1) is 18.3. The Morgan fingerprint density at radius 2 is 1.92 bits per heavy atom. The first-order valence-corrected chi connectivity index (χ1v) is 13.7. The summed E-state index contributed by atoms with van der Waals surface area (Å²) < 4.78 is 11.8. The quantitative estimate of drug-likeness (QED) is 0.193. The zero-order chi connectivity index (χ0) is 28.9. The van der Waals surface area contributed by atoms with Crippen LogP contribution in [0.25, 0.3) is 6.08 Å². The number of anilines is 2. The molecule has 0 radical (unpaired) electrons. The van der Waals surface area contributed by atoms with Gasteiger partial charge in [0, 0.05) is 20.8 Å². The van der Waals surface area contributed by atoms with Gasteiger partial charge in [0.05, 0.1) is 12.1 Å². The van der Waals surface area contributed by atoms with Crippen LogP contribution in [0.2, 0.25) is 0 Å². The van der Waals surface area contributed by atoms with Gasteiger partial charge in [0.15, 0.2) is 0 Å². The number of hydrogen-bond donors (Lipinski definition) is 3. The van der Waals surface area contributed by atoms with Gasteiger partial charge in [0.25, 0.3) is 0 Å². The summed E-state index contributed by atoms with van der Waals surface area (Å²) in [6, 6.07) is 5.56. The van der Waals surface area contributed by atoms with Crippen molar-refractivity contribution >= 4 is 63.8 Å². The normalized spacial score (nSPS) is 11.8. The van der Waals surface area contributed by atoms with Crippen LogP contribution in [-0.2, 0) is 17.7 Å². The van der Waals surface area contributed by atoms with Gasteiger partial charge in [-0.3, -0.25) is 10.1 Å². The Labute approximate surface area is 246 Å². The fourth-order valence-corrected chi connectivity index (χ4v) is 4.45. The number of ether oxygens (including phenoxy) is 1. The average Bonchev–Trinajstić information content (AvgIpc) is 3.28. The van der Waals surface area contributed by atoms with Crippen molar-refractivity contribution in [2.75, 3.05) is 11.1 Å². The van der Waals surface area contributed by atoms with E-state index in [1.165, 1.54) is 0 Å². The minimum Gasteiger partial charge on any atom is -0.444 e. The van der Waals surface area contributed by atoms with E-state index in [1.54, 1.807) is 33.8 Å². The molecule has 0 aliphatic rings. The van der Waals surface area contributed by atoms with Crippen molar-refractivity contribution in [3.8, 4) is 0 Å². The van der Waals surface area contributed by atoms with Crippen molar-refractivity contribution in [2.45, 2.75) is 66.5 Å². The van der Waals surface area contributed by atoms with Crippen LogP contribution in [0.5, 0.6) is 0 Å². The summed E-state index contributed by atoms with van der Waals surface area (Å²) in [7, 11) is 0. The number of rotatable bonds is 8. The Hall–Kier alpha value is -3.19. The molecule has 10 nitrogen and oxygen atoms in total. The van der Waals surface area contributed by atoms with E-state index < -0.39 is 17.6 Å². The molecule has 0 saturated heterocycles. The third-order valence-corrected chi connectivity index (χ3v) is 6.77. The molecule has 2 heterocycles. The van der Waals surface area contributed by atoms with Crippen LogP contribution in [0.15, 0.2) is 27.6 Å². The van der Waals surface area contributed by atoms with Gasteiger partial charge >= 0.3 is 17.9 Å². The van der Waals surface area contributed by atoms with Crippen molar-refractivity contribution < 1.29 is 18.7 Å². The summed E-state index contributed by atoms with van der Waals surface area (Å²) in [5.74, 6) is 0.0113. The van der Waals surface area contributed by atoms with E-state index >= 15 is 0 Å². The molecule has 2 aromatic heterocycles. The van der Waals surface area contributed by atoms with Gasteiger partial charge in [-0.15, -0.1) is 10.2 Å². The highest BCUT2D eigenvalue weighted by molar-refractivity contribution is 14.1. The first kappa shape index (κ1) is 30.4. The van der Waals surface area contributed by atoms with E-state index in [9.17, 15) is 9.59 Å². The SMILES string of the molecule is CC/C(Cl)=C\c1cc(Cc2nnc(C(=O)NCc3c(C)cc(NC(=O)OC(C)(C)C)nc3C)o2)cc(I)c1N. The highest BCUT2D eigenvalue weighted by Crippen LogP contribution is 2.27. The topological polar surface area (TPSA) is 145 Å². The van der Waals surface area contributed by atoms with Gasteiger partial charge in [0.1, 0.15) is 11.4 Å². The molecular formula is C27H32ClIN6O4. The Morgan fingerprint density at radius 1 is 1.21 bits per heavy atom. The molecule has 0 fully saturated rings. The number of carbonyl (C=O) groups is 2. The van der Waals surface area contributed by atoms with E-state index in [2.05, 4.69) is 48.4 Å². The summed E-state index contributed by atoms with van der Waals surface area (Å²) in [4.78, 5) is 29.2. The van der Waals surface area contributed by atoms with Crippen LogP contribution < -0.4 is 16.4 Å². The van der Waals surface area contributed by atoms with Gasteiger partial charge in [-0.1, -0.05) is 18.5 Å². The molecule has 0 unspecified atom stereocenters. The van der Waals surface area contributed by atoms with Crippen LogP contribution in [-0.4, -0.2) is 32.8 Å². The minimum atomic E-state index is -0.621. The number of hydrogen-bond acceptors (Lipinski definition) is 8. The molecule has 0 aliphatic carbocycles. The van der Waals surface area contributed by atoms with Crippen molar-refractivity contribution in [2.24, 2.45) is 0 Å². The molecule has 0 saturated carbocycles. The van der Waals surface area contributed by atoms with Crippen LogP contribution in [0.3, 0.4) is 0 Å². The Kier molecular flexibility index (Phi) is 9.94. The molecule has 3 aromatic rings. The number of nitrogens with zero attached hydrogens (tertiary/aromatic N) is 3. The predicted octanol–water partition coefficient (Wildman–Crippen LogP) is 6.13. The zero-order valence-electron chi connectivity index (χ0n) is 22.7. The third kappa shape index (κ3) is 8.65. The first-order valence-electron chi connectivity index (χ1n) is 12.3. The predicted molar refractivity (Wildman–Crippen MR) is 160 cm³/mol. The molecule has 2 amide bonds. The maximum absolute atomic E-state index is 12.7. The number of aryl methyl sites for hydroxylation is 2. The fraction of sp³-hybridized carbons (Fsp3) is 0.370. The standard InChI is InChI=1S/C27H32ClIN6O4/c1-7-18(28)12-17-9-16(10-20(29)23(17)30)11-22-34-35-25(38-22)24(36)31-13-19-14(2)8-21(32-15(19)3)33-26(37)39-27(4,5)6/h8-10,12H,7,11,13,30H2,1-6H3,(H,31,36)(H,32,33,37)/b18-12+. The number of benzene rings is 1. The molecule has 0 atom stereocenters. The molecule has 1 aromatic carbocycles.